The van der Waals surface area contributed by atoms with E-state index in [-0.39, 0.29) is 13.2 Å². The van der Waals surface area contributed by atoms with E-state index in [1.54, 1.807) is 13.8 Å². The lowest BCUT2D eigenvalue weighted by atomic mass is 9.96. The number of nitro groups is 1. The van der Waals surface area contributed by atoms with E-state index in [1.807, 2.05) is 0 Å². The summed E-state index contributed by atoms with van der Waals surface area (Å²) in [6.07, 6.45) is 0. The lowest BCUT2D eigenvalue weighted by molar-refractivity contribution is -0.388. The van der Waals surface area contributed by atoms with Gasteiger partial charge in [-0.2, -0.15) is 0 Å². The molecule has 0 aliphatic carbocycles. The van der Waals surface area contributed by atoms with Gasteiger partial charge in [0.1, 0.15) is 5.82 Å². The Bertz CT molecular complexity index is 615. The van der Waals surface area contributed by atoms with Crippen molar-refractivity contribution in [2.75, 3.05) is 13.2 Å². The number of aliphatic hydroxyl groups is 1. The van der Waals surface area contributed by atoms with Crippen LogP contribution in [0.2, 0.25) is 0 Å². The quantitative estimate of drug-likeness (QED) is 0.602. The summed E-state index contributed by atoms with van der Waals surface area (Å²) in [7, 11) is -4.17. The van der Waals surface area contributed by atoms with E-state index in [4.69, 9.17) is 5.11 Å². The summed E-state index contributed by atoms with van der Waals surface area (Å²) in [6, 6.07) is 2.21. The molecular formula is C11H15FN2O5S. The second-order valence-corrected chi connectivity index (χ2v) is 6.75. The summed E-state index contributed by atoms with van der Waals surface area (Å²) in [6.45, 7) is 2.87. The van der Waals surface area contributed by atoms with Gasteiger partial charge < -0.3 is 5.11 Å². The first-order valence-corrected chi connectivity index (χ1v) is 7.12. The standard InChI is InChI=1S/C11H15FN2O5S/c1-11(2,7-15)6-13-20(18,19)10-4-3-8(12)5-9(10)14(16)17/h3-5,13,15H,6-7H2,1-2H3. The van der Waals surface area contributed by atoms with Gasteiger partial charge in [-0.15, -0.1) is 0 Å². The van der Waals surface area contributed by atoms with Crippen molar-refractivity contribution >= 4 is 15.7 Å². The maximum Gasteiger partial charge on any atom is 0.292 e. The Kier molecular flexibility index (Phi) is 4.79. The Labute approximate surface area is 115 Å². The molecule has 2 N–H and O–H groups in total. The molecule has 0 bridgehead atoms. The van der Waals surface area contributed by atoms with Gasteiger partial charge in [-0.25, -0.2) is 17.5 Å². The van der Waals surface area contributed by atoms with Gasteiger partial charge in [-0.1, -0.05) is 13.8 Å². The van der Waals surface area contributed by atoms with Gasteiger partial charge in [0.25, 0.3) is 5.69 Å². The normalized spacial score (nSPS) is 12.4. The van der Waals surface area contributed by atoms with Crippen molar-refractivity contribution in [2.24, 2.45) is 5.41 Å². The molecule has 0 atom stereocenters. The molecule has 9 heteroatoms. The zero-order valence-electron chi connectivity index (χ0n) is 11.0. The van der Waals surface area contributed by atoms with Crippen molar-refractivity contribution in [3.05, 3.63) is 34.1 Å². The van der Waals surface area contributed by atoms with Crippen molar-refractivity contribution in [1.82, 2.24) is 4.72 Å². The number of hydrogen-bond acceptors (Lipinski definition) is 5. The van der Waals surface area contributed by atoms with E-state index in [0.717, 1.165) is 12.1 Å². The molecule has 0 spiro atoms. The highest BCUT2D eigenvalue weighted by atomic mass is 32.2. The van der Waals surface area contributed by atoms with E-state index < -0.39 is 36.8 Å². The highest BCUT2D eigenvalue weighted by Crippen LogP contribution is 2.25. The molecule has 0 unspecified atom stereocenters. The Hall–Kier alpha value is -1.58. The van der Waals surface area contributed by atoms with Gasteiger partial charge >= 0.3 is 0 Å². The Morgan fingerprint density at radius 2 is 2.05 bits per heavy atom. The molecule has 1 aromatic rings. The van der Waals surface area contributed by atoms with Gasteiger partial charge in [-0.05, 0) is 12.1 Å². The van der Waals surface area contributed by atoms with E-state index in [2.05, 4.69) is 4.72 Å². The summed E-state index contributed by atoms with van der Waals surface area (Å²) in [5, 5.41) is 19.8. The van der Waals surface area contributed by atoms with Crippen LogP contribution in [-0.2, 0) is 10.0 Å². The summed E-state index contributed by atoms with van der Waals surface area (Å²) in [5.41, 5.74) is -1.55. The molecule has 20 heavy (non-hydrogen) atoms. The van der Waals surface area contributed by atoms with Crippen molar-refractivity contribution < 1.29 is 22.8 Å². The fraction of sp³-hybridized carbons (Fsp3) is 0.455. The van der Waals surface area contributed by atoms with E-state index in [9.17, 15) is 22.9 Å². The average molecular weight is 306 g/mol. The molecule has 0 saturated heterocycles. The third-order valence-electron chi connectivity index (χ3n) is 2.58. The number of nitro benzene ring substituents is 1. The van der Waals surface area contributed by atoms with Crippen LogP contribution in [0.5, 0.6) is 0 Å². The van der Waals surface area contributed by atoms with E-state index >= 15 is 0 Å². The van der Waals surface area contributed by atoms with Crippen LogP contribution in [0, 0.1) is 21.3 Å². The van der Waals surface area contributed by atoms with Crippen molar-refractivity contribution in [3.8, 4) is 0 Å². The van der Waals surface area contributed by atoms with Crippen molar-refractivity contribution in [1.29, 1.82) is 0 Å². The topological polar surface area (TPSA) is 110 Å². The SMILES string of the molecule is CC(C)(CO)CNS(=O)(=O)c1ccc(F)cc1[N+](=O)[O-]. The lowest BCUT2D eigenvalue weighted by Crippen LogP contribution is -2.36. The van der Waals surface area contributed by atoms with Crippen molar-refractivity contribution in [3.63, 3.8) is 0 Å². The molecule has 0 fully saturated rings. The molecule has 0 aliphatic rings. The van der Waals surface area contributed by atoms with Gasteiger partial charge in [-0.3, -0.25) is 10.1 Å². The van der Waals surface area contributed by atoms with E-state index in [0.29, 0.717) is 6.07 Å². The van der Waals surface area contributed by atoms with Crippen LogP contribution in [0.15, 0.2) is 23.1 Å². The number of sulfonamides is 1. The lowest BCUT2D eigenvalue weighted by Gasteiger charge is -2.21. The molecule has 112 valence electrons. The van der Waals surface area contributed by atoms with Crippen LogP contribution < -0.4 is 4.72 Å². The Morgan fingerprint density at radius 1 is 1.45 bits per heavy atom. The summed E-state index contributed by atoms with van der Waals surface area (Å²) in [5.74, 6) is -0.897. The minimum absolute atomic E-state index is 0.111. The minimum Gasteiger partial charge on any atom is -0.396 e. The van der Waals surface area contributed by atoms with E-state index in [1.165, 1.54) is 0 Å². The molecule has 7 nitrogen and oxygen atoms in total. The predicted molar refractivity (Wildman–Crippen MR) is 69.1 cm³/mol. The van der Waals surface area contributed by atoms with Gasteiger partial charge in [0.15, 0.2) is 4.90 Å². The van der Waals surface area contributed by atoms with Gasteiger partial charge in [0.2, 0.25) is 10.0 Å². The fourth-order valence-electron chi connectivity index (χ4n) is 1.28. The monoisotopic (exact) mass is 306 g/mol. The highest BCUT2D eigenvalue weighted by molar-refractivity contribution is 7.89. The highest BCUT2D eigenvalue weighted by Gasteiger charge is 2.28. The molecule has 0 aromatic heterocycles. The predicted octanol–water partition coefficient (Wildman–Crippen LogP) is 1.03. The van der Waals surface area contributed by atoms with Crippen molar-refractivity contribution in [2.45, 2.75) is 18.7 Å². The van der Waals surface area contributed by atoms with Crippen LogP contribution in [0.3, 0.4) is 0 Å². The zero-order chi connectivity index (χ0) is 15.6. The number of halogens is 1. The number of nitrogens with one attached hydrogen (secondary N) is 1. The molecule has 1 rings (SSSR count). The smallest absolute Gasteiger partial charge is 0.292 e. The molecular weight excluding hydrogens is 291 g/mol. The van der Waals surface area contributed by atoms with Crippen LogP contribution >= 0.6 is 0 Å². The number of benzene rings is 1. The first kappa shape index (κ1) is 16.5. The second-order valence-electron chi connectivity index (χ2n) is 5.02. The third kappa shape index (κ3) is 3.95. The van der Waals surface area contributed by atoms with Crippen LogP contribution in [0.25, 0.3) is 0 Å². The largest absolute Gasteiger partial charge is 0.396 e. The van der Waals surface area contributed by atoms with Gasteiger partial charge in [0, 0.05) is 18.6 Å². The first-order valence-electron chi connectivity index (χ1n) is 5.63. The maximum absolute atomic E-state index is 13.0. The maximum atomic E-state index is 13.0. The number of rotatable bonds is 6. The summed E-state index contributed by atoms with van der Waals surface area (Å²) in [4.78, 5) is 9.21. The molecule has 0 amide bonds. The van der Waals surface area contributed by atoms with Crippen LogP contribution in [0.1, 0.15) is 13.8 Å². The average Bonchev–Trinajstić information content (AvgIpc) is 2.36. The number of nitrogens with zero attached hydrogens (tertiary/aromatic N) is 1. The molecule has 0 heterocycles. The molecule has 0 saturated carbocycles. The number of aliphatic hydroxyl groups excluding tert-OH is 1. The molecule has 0 radical (unpaired) electrons. The zero-order valence-corrected chi connectivity index (χ0v) is 11.8. The Morgan fingerprint density at radius 3 is 2.55 bits per heavy atom. The third-order valence-corrected chi connectivity index (χ3v) is 4.02. The summed E-state index contributed by atoms with van der Waals surface area (Å²) < 4.78 is 39.2. The Balaban J connectivity index is 3.13. The molecule has 1 aromatic carbocycles. The van der Waals surface area contributed by atoms with Gasteiger partial charge in [0.05, 0.1) is 11.0 Å². The fourth-order valence-corrected chi connectivity index (χ4v) is 2.68. The second kappa shape index (κ2) is 5.81. The molecule has 0 aliphatic heterocycles. The van der Waals surface area contributed by atoms with Crippen LogP contribution in [-0.4, -0.2) is 31.6 Å². The summed E-state index contributed by atoms with van der Waals surface area (Å²) >= 11 is 0. The number of hydrogen-bond donors (Lipinski definition) is 2. The minimum atomic E-state index is -4.17. The van der Waals surface area contributed by atoms with Crippen LogP contribution in [0.4, 0.5) is 10.1 Å². The first-order chi connectivity index (χ1) is 9.09.